The van der Waals surface area contributed by atoms with Crippen LogP contribution in [-0.4, -0.2) is 42.5 Å². The number of hydrogen-bond acceptors (Lipinski definition) is 8. The average Bonchev–Trinajstić information content (AvgIpc) is 2.70. The number of methoxy groups -OCH3 is 1. The lowest BCUT2D eigenvalue weighted by Crippen LogP contribution is -2.18. The molecule has 10 nitrogen and oxygen atoms in total. The molecule has 0 aliphatic heterocycles. The highest BCUT2D eigenvalue weighted by atomic mass is 127. The lowest BCUT2D eigenvalue weighted by atomic mass is 10.0. The second kappa shape index (κ2) is 11.5. The van der Waals surface area contributed by atoms with Gasteiger partial charge in [-0.1, -0.05) is 13.8 Å². The zero-order valence-electron chi connectivity index (χ0n) is 17.9. The fraction of sp³-hybridized carbons (Fsp3) is 0.400. The number of ether oxygens (including phenoxy) is 4. The van der Waals surface area contributed by atoms with Crippen LogP contribution < -0.4 is 20.1 Å². The monoisotopic (exact) mass is 544 g/mol. The van der Waals surface area contributed by atoms with Crippen LogP contribution in [0.4, 0.5) is 21.4 Å². The van der Waals surface area contributed by atoms with Crippen molar-refractivity contribution in [3.63, 3.8) is 0 Å². The average molecular weight is 544 g/mol. The number of aromatic nitrogens is 2. The molecule has 0 fully saturated rings. The first-order valence-electron chi connectivity index (χ1n) is 9.58. The fourth-order valence-electron chi connectivity index (χ4n) is 2.48. The Hall–Kier alpha value is -2.83. The molecule has 0 atom stereocenters. The number of rotatable bonds is 8. The molecule has 0 saturated heterocycles. The summed E-state index contributed by atoms with van der Waals surface area (Å²) in [7, 11) is 1.60. The first-order valence-corrected chi connectivity index (χ1v) is 10.7. The van der Waals surface area contributed by atoms with Gasteiger partial charge in [0.1, 0.15) is 11.5 Å². The van der Waals surface area contributed by atoms with Gasteiger partial charge in [0, 0.05) is 5.56 Å². The number of halogens is 1. The molecule has 1 aromatic heterocycles. The Morgan fingerprint density at radius 3 is 2.26 bits per heavy atom. The molecule has 0 aliphatic rings. The standard InChI is InChI=1S/C20H25IN4O6/c1-6-29-19(26)24-17-16(10-22-18(23-17)25-20(27)30-7-2)31-14-9-13(21)15(28-5)8-12(14)11(3)4/h8-11H,6-7H2,1-5H3,(H2,22,23,24,25,26,27). The first kappa shape index (κ1) is 24.4. The normalized spacial score (nSPS) is 10.4. The molecule has 31 heavy (non-hydrogen) atoms. The molecule has 0 aliphatic carbocycles. The smallest absolute Gasteiger partial charge is 0.414 e. The molecule has 2 amide bonds. The van der Waals surface area contributed by atoms with E-state index in [-0.39, 0.29) is 36.6 Å². The number of nitrogens with zero attached hydrogens (tertiary/aromatic N) is 2. The van der Waals surface area contributed by atoms with E-state index in [0.29, 0.717) is 5.75 Å². The zero-order chi connectivity index (χ0) is 23.0. The predicted molar refractivity (Wildman–Crippen MR) is 123 cm³/mol. The van der Waals surface area contributed by atoms with Gasteiger partial charge in [0.2, 0.25) is 5.95 Å². The van der Waals surface area contributed by atoms with Gasteiger partial charge in [0.25, 0.3) is 0 Å². The van der Waals surface area contributed by atoms with Crippen molar-refractivity contribution in [2.75, 3.05) is 31.0 Å². The molecule has 2 rings (SSSR count). The Morgan fingerprint density at radius 1 is 1.03 bits per heavy atom. The minimum atomic E-state index is -0.721. The summed E-state index contributed by atoms with van der Waals surface area (Å²) < 4.78 is 22.1. The molecule has 0 bridgehead atoms. The SMILES string of the molecule is CCOC(=O)Nc1ncc(Oc2cc(I)c(OC)cc2C(C)C)c(NC(=O)OCC)n1. The van der Waals surface area contributed by atoms with Gasteiger partial charge in [-0.3, -0.25) is 10.6 Å². The Bertz CT molecular complexity index is 938. The number of amides is 2. The fourth-order valence-corrected chi connectivity index (χ4v) is 3.14. The van der Waals surface area contributed by atoms with Crippen molar-refractivity contribution in [3.8, 4) is 17.2 Å². The van der Waals surface area contributed by atoms with Gasteiger partial charge >= 0.3 is 12.2 Å². The molecule has 1 aromatic carbocycles. The topological polar surface area (TPSA) is 121 Å². The number of benzene rings is 1. The lowest BCUT2D eigenvalue weighted by Gasteiger charge is -2.18. The zero-order valence-corrected chi connectivity index (χ0v) is 20.1. The van der Waals surface area contributed by atoms with Gasteiger partial charge in [-0.05, 0) is 54.5 Å². The molecule has 2 aromatic rings. The quantitative estimate of drug-likeness (QED) is 0.439. The first-order chi connectivity index (χ1) is 14.8. The van der Waals surface area contributed by atoms with E-state index >= 15 is 0 Å². The molecule has 11 heteroatoms. The van der Waals surface area contributed by atoms with Crippen LogP contribution in [0.25, 0.3) is 0 Å². The highest BCUT2D eigenvalue weighted by Gasteiger charge is 2.19. The van der Waals surface area contributed by atoms with Crippen molar-refractivity contribution >= 4 is 46.5 Å². The third kappa shape index (κ3) is 6.84. The molecule has 1 heterocycles. The summed E-state index contributed by atoms with van der Waals surface area (Å²) in [5.41, 5.74) is 0.896. The third-order valence-electron chi connectivity index (χ3n) is 3.87. The molecule has 2 N–H and O–H groups in total. The van der Waals surface area contributed by atoms with Crippen LogP contribution in [0.3, 0.4) is 0 Å². The van der Waals surface area contributed by atoms with Gasteiger partial charge < -0.3 is 18.9 Å². The molecule has 168 valence electrons. The van der Waals surface area contributed by atoms with Gasteiger partial charge in [0.05, 0.1) is 30.1 Å². The Kier molecular flexibility index (Phi) is 9.09. The van der Waals surface area contributed by atoms with E-state index in [1.165, 1.54) is 6.20 Å². The maximum absolute atomic E-state index is 12.0. The van der Waals surface area contributed by atoms with Crippen LogP contribution in [-0.2, 0) is 9.47 Å². The number of nitrogens with one attached hydrogen (secondary N) is 2. The van der Waals surface area contributed by atoms with E-state index in [0.717, 1.165) is 14.9 Å². The van der Waals surface area contributed by atoms with Crippen molar-refractivity contribution in [1.82, 2.24) is 9.97 Å². The van der Waals surface area contributed by atoms with E-state index in [1.807, 2.05) is 26.0 Å². The minimum absolute atomic E-state index is 0.0285. The van der Waals surface area contributed by atoms with E-state index in [1.54, 1.807) is 21.0 Å². The molecular weight excluding hydrogens is 519 g/mol. The summed E-state index contributed by atoms with van der Waals surface area (Å²) >= 11 is 2.15. The van der Waals surface area contributed by atoms with Crippen molar-refractivity contribution in [2.24, 2.45) is 0 Å². The predicted octanol–water partition coefficient (Wildman–Crippen LogP) is 5.14. The van der Waals surface area contributed by atoms with Crippen molar-refractivity contribution < 1.29 is 28.5 Å². The number of carbonyl (C=O) groups is 2. The van der Waals surface area contributed by atoms with Crippen LogP contribution >= 0.6 is 22.6 Å². The number of anilines is 2. The van der Waals surface area contributed by atoms with Crippen LogP contribution in [0.1, 0.15) is 39.2 Å². The van der Waals surface area contributed by atoms with Crippen molar-refractivity contribution in [3.05, 3.63) is 27.5 Å². The summed E-state index contributed by atoms with van der Waals surface area (Å²) in [6.07, 6.45) is -0.0938. The maximum Gasteiger partial charge on any atom is 0.414 e. The highest BCUT2D eigenvalue weighted by molar-refractivity contribution is 14.1. The van der Waals surface area contributed by atoms with Crippen LogP contribution in [0.15, 0.2) is 18.3 Å². The highest BCUT2D eigenvalue weighted by Crippen LogP contribution is 2.38. The van der Waals surface area contributed by atoms with Gasteiger partial charge in [-0.2, -0.15) is 4.98 Å². The van der Waals surface area contributed by atoms with Crippen LogP contribution in [0.5, 0.6) is 17.2 Å². The van der Waals surface area contributed by atoms with Crippen molar-refractivity contribution in [1.29, 1.82) is 0 Å². The summed E-state index contributed by atoms with van der Waals surface area (Å²) in [6.45, 7) is 7.76. The number of carbonyl (C=O) groups excluding carboxylic acids is 2. The minimum Gasteiger partial charge on any atom is -0.496 e. The summed E-state index contributed by atoms with van der Waals surface area (Å²) in [4.78, 5) is 31.9. The Balaban J connectivity index is 2.43. The molecule has 0 unspecified atom stereocenters. The molecular formula is C20H25IN4O6. The van der Waals surface area contributed by atoms with Crippen LogP contribution in [0, 0.1) is 3.57 Å². The second-order valence-corrected chi connectivity index (χ2v) is 7.54. The summed E-state index contributed by atoms with van der Waals surface area (Å²) in [6, 6.07) is 3.73. The largest absolute Gasteiger partial charge is 0.496 e. The summed E-state index contributed by atoms with van der Waals surface area (Å²) in [5.74, 6) is 1.55. The van der Waals surface area contributed by atoms with E-state index in [4.69, 9.17) is 18.9 Å². The van der Waals surface area contributed by atoms with E-state index < -0.39 is 12.2 Å². The summed E-state index contributed by atoms with van der Waals surface area (Å²) in [5, 5.41) is 4.89. The maximum atomic E-state index is 12.0. The van der Waals surface area contributed by atoms with Crippen molar-refractivity contribution in [2.45, 2.75) is 33.6 Å². The molecule has 0 spiro atoms. The second-order valence-electron chi connectivity index (χ2n) is 6.38. The van der Waals surface area contributed by atoms with Gasteiger partial charge in [-0.15, -0.1) is 0 Å². The van der Waals surface area contributed by atoms with Crippen LogP contribution in [0.2, 0.25) is 0 Å². The van der Waals surface area contributed by atoms with E-state index in [9.17, 15) is 9.59 Å². The number of hydrogen-bond donors (Lipinski definition) is 2. The Morgan fingerprint density at radius 2 is 1.68 bits per heavy atom. The third-order valence-corrected chi connectivity index (χ3v) is 4.71. The van der Waals surface area contributed by atoms with E-state index in [2.05, 4.69) is 43.2 Å². The van der Waals surface area contributed by atoms with Gasteiger partial charge in [0.15, 0.2) is 11.6 Å². The molecule has 0 saturated carbocycles. The lowest BCUT2D eigenvalue weighted by molar-refractivity contribution is 0.167. The van der Waals surface area contributed by atoms with Gasteiger partial charge in [-0.25, -0.2) is 14.6 Å². The molecule has 0 radical (unpaired) electrons. The Labute approximate surface area is 194 Å².